The Morgan fingerprint density at radius 2 is 1.70 bits per heavy atom. The normalized spacial score (nSPS) is 15.2. The van der Waals surface area contributed by atoms with Gasteiger partial charge in [0.2, 0.25) is 0 Å². The maximum atomic E-state index is 13.0. The van der Waals surface area contributed by atoms with Gasteiger partial charge in [-0.2, -0.15) is 13.2 Å². The molecule has 1 aliphatic rings. The van der Waals surface area contributed by atoms with Gasteiger partial charge in [-0.1, -0.05) is 17.7 Å². The van der Waals surface area contributed by atoms with E-state index in [2.05, 4.69) is 16.0 Å². The van der Waals surface area contributed by atoms with Crippen molar-refractivity contribution < 1.29 is 32.2 Å². The average Bonchev–Trinajstić information content (AvgIpc) is 3.38. The topological polar surface area (TPSA) is 88.7 Å². The van der Waals surface area contributed by atoms with Crippen LogP contribution in [-0.4, -0.2) is 31.2 Å². The number of carbonyl (C=O) groups is 2. The molecule has 3 aromatic carbocycles. The van der Waals surface area contributed by atoms with Gasteiger partial charge in [0.1, 0.15) is 11.5 Å². The van der Waals surface area contributed by atoms with E-state index >= 15 is 0 Å². The lowest BCUT2D eigenvalue weighted by atomic mass is 10.2. The van der Waals surface area contributed by atoms with Crippen molar-refractivity contribution in [2.24, 2.45) is 0 Å². The predicted molar refractivity (Wildman–Crippen MR) is 133 cm³/mol. The summed E-state index contributed by atoms with van der Waals surface area (Å²) in [6, 6.07) is 15.4. The number of urea groups is 1. The number of amides is 3. The van der Waals surface area contributed by atoms with Gasteiger partial charge in [-0.05, 0) is 73.5 Å². The molecule has 4 rings (SSSR count). The summed E-state index contributed by atoms with van der Waals surface area (Å²) in [5.41, 5.74) is -0.273. The van der Waals surface area contributed by atoms with Gasteiger partial charge in [-0.25, -0.2) is 4.79 Å². The minimum absolute atomic E-state index is 0.0427. The number of benzene rings is 3. The van der Waals surface area contributed by atoms with Crippen LogP contribution in [0.3, 0.4) is 0 Å². The first-order valence-electron chi connectivity index (χ1n) is 11.4. The van der Waals surface area contributed by atoms with Crippen LogP contribution in [0.15, 0.2) is 66.7 Å². The number of carbonyl (C=O) groups excluding carboxylic acids is 2. The van der Waals surface area contributed by atoms with E-state index in [-0.39, 0.29) is 17.7 Å². The number of halogens is 4. The molecule has 1 aliphatic heterocycles. The van der Waals surface area contributed by atoms with Crippen LogP contribution in [0.5, 0.6) is 11.5 Å². The highest BCUT2D eigenvalue weighted by molar-refractivity contribution is 6.31. The molecule has 0 spiro atoms. The van der Waals surface area contributed by atoms with Gasteiger partial charge < -0.3 is 25.4 Å². The van der Waals surface area contributed by atoms with Crippen LogP contribution in [-0.2, 0) is 10.9 Å². The molecular weight excluding hydrogens is 511 g/mol. The van der Waals surface area contributed by atoms with E-state index in [1.54, 1.807) is 48.5 Å². The summed E-state index contributed by atoms with van der Waals surface area (Å²) in [4.78, 5) is 24.7. The summed E-state index contributed by atoms with van der Waals surface area (Å²) in [6.45, 7) is 1.17. The van der Waals surface area contributed by atoms with Crippen LogP contribution in [0, 0.1) is 0 Å². The van der Waals surface area contributed by atoms with Gasteiger partial charge in [0.15, 0.2) is 0 Å². The first kappa shape index (κ1) is 26.3. The Morgan fingerprint density at radius 1 is 0.973 bits per heavy atom. The molecule has 0 aliphatic carbocycles. The van der Waals surface area contributed by atoms with Crippen molar-refractivity contribution in [3.63, 3.8) is 0 Å². The average molecular weight is 534 g/mol. The van der Waals surface area contributed by atoms with E-state index in [0.29, 0.717) is 35.9 Å². The van der Waals surface area contributed by atoms with Crippen molar-refractivity contribution in [3.05, 3.63) is 82.9 Å². The molecule has 3 aromatic rings. The highest BCUT2D eigenvalue weighted by atomic mass is 35.5. The molecule has 1 atom stereocenters. The number of alkyl halides is 3. The third kappa shape index (κ3) is 7.37. The van der Waals surface area contributed by atoms with E-state index in [1.807, 2.05) is 0 Å². The van der Waals surface area contributed by atoms with E-state index in [0.717, 1.165) is 25.0 Å². The number of anilines is 2. The van der Waals surface area contributed by atoms with Gasteiger partial charge >= 0.3 is 12.2 Å². The van der Waals surface area contributed by atoms with Crippen LogP contribution in [0.25, 0.3) is 0 Å². The summed E-state index contributed by atoms with van der Waals surface area (Å²) >= 11 is 5.60. The Kier molecular flexibility index (Phi) is 8.20. The monoisotopic (exact) mass is 533 g/mol. The van der Waals surface area contributed by atoms with Gasteiger partial charge in [0.25, 0.3) is 5.91 Å². The summed E-state index contributed by atoms with van der Waals surface area (Å²) in [7, 11) is 0. The van der Waals surface area contributed by atoms with E-state index in [9.17, 15) is 22.8 Å². The molecule has 1 saturated heterocycles. The van der Waals surface area contributed by atoms with Gasteiger partial charge in [-0.3, -0.25) is 4.79 Å². The number of nitrogens with one attached hydrogen (secondary N) is 3. The lowest BCUT2D eigenvalue weighted by Gasteiger charge is -2.13. The third-order valence-electron chi connectivity index (χ3n) is 5.49. The second kappa shape index (κ2) is 11.5. The maximum absolute atomic E-state index is 13.0. The zero-order valence-corrected chi connectivity index (χ0v) is 20.2. The fraction of sp³-hybridized carbons (Fsp3) is 0.231. The van der Waals surface area contributed by atoms with Gasteiger partial charge in [0, 0.05) is 30.1 Å². The summed E-state index contributed by atoms with van der Waals surface area (Å²) in [6.07, 6.45) is -2.68. The van der Waals surface area contributed by atoms with Crippen molar-refractivity contribution >= 4 is 34.9 Å². The van der Waals surface area contributed by atoms with Crippen LogP contribution in [0.1, 0.15) is 28.8 Å². The van der Waals surface area contributed by atoms with E-state index < -0.39 is 22.8 Å². The molecular formula is C26H23ClF3N3O4. The van der Waals surface area contributed by atoms with Crippen molar-refractivity contribution in [2.75, 3.05) is 23.8 Å². The highest BCUT2D eigenvalue weighted by Gasteiger charge is 2.33. The Hall–Kier alpha value is -3.76. The summed E-state index contributed by atoms with van der Waals surface area (Å²) in [5, 5.41) is 7.28. The third-order valence-corrected chi connectivity index (χ3v) is 5.82. The second-order valence-corrected chi connectivity index (χ2v) is 8.68. The first-order valence-corrected chi connectivity index (χ1v) is 11.8. The van der Waals surface area contributed by atoms with Crippen molar-refractivity contribution in [3.8, 4) is 11.5 Å². The molecule has 0 radical (unpaired) electrons. The van der Waals surface area contributed by atoms with Gasteiger partial charge in [0.05, 0.1) is 16.7 Å². The smallest absolute Gasteiger partial charge is 0.417 e. The van der Waals surface area contributed by atoms with Crippen LogP contribution >= 0.6 is 11.6 Å². The molecule has 0 bridgehead atoms. The largest absolute Gasteiger partial charge is 0.457 e. The van der Waals surface area contributed by atoms with Crippen LogP contribution in [0.2, 0.25) is 5.02 Å². The molecule has 1 fully saturated rings. The second-order valence-electron chi connectivity index (χ2n) is 8.27. The van der Waals surface area contributed by atoms with Crippen molar-refractivity contribution in [1.29, 1.82) is 0 Å². The predicted octanol–water partition coefficient (Wildman–Crippen LogP) is 6.70. The molecule has 0 aromatic heterocycles. The lowest BCUT2D eigenvalue weighted by Crippen LogP contribution is -2.31. The molecule has 194 valence electrons. The maximum Gasteiger partial charge on any atom is 0.417 e. The molecule has 37 heavy (non-hydrogen) atoms. The number of rotatable bonds is 7. The van der Waals surface area contributed by atoms with Crippen molar-refractivity contribution in [2.45, 2.75) is 25.1 Å². The molecule has 7 nitrogen and oxygen atoms in total. The zero-order valence-electron chi connectivity index (χ0n) is 19.4. The van der Waals surface area contributed by atoms with Crippen molar-refractivity contribution in [1.82, 2.24) is 5.32 Å². The zero-order chi connectivity index (χ0) is 26.4. The number of ether oxygens (including phenoxy) is 2. The van der Waals surface area contributed by atoms with Crippen LogP contribution in [0.4, 0.5) is 29.3 Å². The molecule has 0 saturated carbocycles. The Morgan fingerprint density at radius 3 is 2.41 bits per heavy atom. The summed E-state index contributed by atoms with van der Waals surface area (Å²) in [5.74, 6) is 0.677. The summed E-state index contributed by atoms with van der Waals surface area (Å²) < 4.78 is 50.4. The molecule has 1 unspecified atom stereocenters. The fourth-order valence-corrected chi connectivity index (χ4v) is 3.90. The van der Waals surface area contributed by atoms with Gasteiger partial charge in [-0.15, -0.1) is 0 Å². The first-order chi connectivity index (χ1) is 17.7. The Balaban J connectivity index is 1.32. The quantitative estimate of drug-likeness (QED) is 0.315. The highest BCUT2D eigenvalue weighted by Crippen LogP contribution is 2.36. The Labute approximate surface area is 215 Å². The molecule has 3 amide bonds. The fourth-order valence-electron chi connectivity index (χ4n) is 3.67. The van der Waals surface area contributed by atoms with E-state index in [4.69, 9.17) is 21.1 Å². The van der Waals surface area contributed by atoms with Crippen LogP contribution < -0.4 is 20.7 Å². The number of hydrogen-bond donors (Lipinski definition) is 3. The van der Waals surface area contributed by atoms with E-state index in [1.165, 1.54) is 6.07 Å². The minimum atomic E-state index is -4.64. The molecule has 3 N–H and O–H groups in total. The lowest BCUT2D eigenvalue weighted by molar-refractivity contribution is -0.137. The molecule has 1 heterocycles. The standard InChI is InChI=1S/C26H23ClF3N3O4/c27-23-11-8-18(14-22(23)26(28,29)30)33-25(35)32-17-6-9-19(10-7-17)37-20-4-1-3-16(13-20)24(34)31-15-21-5-2-12-36-21/h1,3-4,6-11,13-14,21H,2,5,12,15H2,(H,31,34)(H2,32,33,35). The minimum Gasteiger partial charge on any atom is -0.457 e. The SMILES string of the molecule is O=C(Nc1ccc(Oc2cccc(C(=O)NCC3CCCO3)c2)cc1)Nc1ccc(Cl)c(C(F)(F)F)c1. The molecule has 11 heteroatoms. The number of hydrogen-bond acceptors (Lipinski definition) is 4. The Bertz CT molecular complexity index is 1260.